The zero-order valence-corrected chi connectivity index (χ0v) is 16.4. The number of ether oxygens (including phenoxy) is 1. The number of aryl methyl sites for hydroxylation is 1. The predicted molar refractivity (Wildman–Crippen MR) is 101 cm³/mol. The summed E-state index contributed by atoms with van der Waals surface area (Å²) in [6.07, 6.45) is -1.90. The topological polar surface area (TPSA) is 114 Å². The highest BCUT2D eigenvalue weighted by Gasteiger charge is 2.34. The SMILES string of the molecule is Cn1nc(Nc2cc([C@H]3CC[C@@H](OC(=O)NC(C)(C)C(F)F)C3)[nH]n2)ccc1=O. The lowest BCUT2D eigenvalue weighted by Crippen LogP contribution is -2.49. The molecule has 2 heterocycles. The molecule has 0 aliphatic heterocycles. The van der Waals surface area contributed by atoms with Gasteiger partial charge in [0, 0.05) is 30.8 Å². The number of carbonyl (C=O) groups is 1. The number of aromatic amines is 1. The van der Waals surface area contributed by atoms with Crippen LogP contribution in [0.3, 0.4) is 0 Å². The first-order chi connectivity index (χ1) is 13.6. The van der Waals surface area contributed by atoms with Crippen molar-refractivity contribution in [1.29, 1.82) is 0 Å². The molecule has 1 aliphatic carbocycles. The molecule has 158 valence electrons. The first-order valence-corrected chi connectivity index (χ1v) is 9.27. The number of H-pyrrole nitrogens is 1. The fourth-order valence-electron chi connectivity index (χ4n) is 3.14. The van der Waals surface area contributed by atoms with Gasteiger partial charge in [-0.1, -0.05) is 0 Å². The normalized spacial score (nSPS) is 19.4. The fourth-order valence-corrected chi connectivity index (χ4v) is 3.14. The number of alkyl carbamates (subject to hydrolysis) is 1. The molecule has 29 heavy (non-hydrogen) atoms. The van der Waals surface area contributed by atoms with Crippen LogP contribution in [0.5, 0.6) is 0 Å². The number of nitrogens with one attached hydrogen (secondary N) is 3. The lowest BCUT2D eigenvalue weighted by molar-refractivity contribution is 0.0364. The molecule has 3 rings (SSSR count). The van der Waals surface area contributed by atoms with Crippen LogP contribution in [0.25, 0.3) is 0 Å². The molecule has 0 saturated heterocycles. The van der Waals surface area contributed by atoms with Gasteiger partial charge in [-0.25, -0.2) is 18.3 Å². The maximum atomic E-state index is 12.9. The molecule has 0 unspecified atom stereocenters. The Hall–Kier alpha value is -2.98. The molecular weight excluding hydrogens is 386 g/mol. The minimum atomic E-state index is -2.69. The highest BCUT2D eigenvalue weighted by Crippen LogP contribution is 2.36. The van der Waals surface area contributed by atoms with Crippen molar-refractivity contribution in [3.8, 4) is 0 Å². The molecule has 2 aromatic heterocycles. The van der Waals surface area contributed by atoms with Crippen molar-refractivity contribution in [3.05, 3.63) is 34.2 Å². The van der Waals surface area contributed by atoms with E-state index in [4.69, 9.17) is 4.74 Å². The standard InChI is InChI=1S/C18H24F2N6O3/c1-18(2,16(19)20)22-17(28)29-11-5-4-10(8-11)12-9-14(24-23-12)21-13-6-7-15(27)26(3)25-13/h6-7,9-11,16H,4-5,8H2,1-3H3,(H,22,28)(H2,21,23,24,25)/t10-,11+/m0/s1. The van der Waals surface area contributed by atoms with Crippen LogP contribution in [0.4, 0.5) is 25.2 Å². The quantitative estimate of drug-likeness (QED) is 0.675. The Morgan fingerprint density at radius 1 is 1.34 bits per heavy atom. The fraction of sp³-hybridized carbons (Fsp3) is 0.556. The van der Waals surface area contributed by atoms with Crippen LogP contribution in [-0.4, -0.2) is 44.1 Å². The first kappa shape index (κ1) is 20.7. The molecule has 1 amide bonds. The number of nitrogens with zero attached hydrogens (tertiary/aromatic N) is 3. The third kappa shape index (κ3) is 5.09. The van der Waals surface area contributed by atoms with Gasteiger partial charge < -0.3 is 15.4 Å². The van der Waals surface area contributed by atoms with Crippen molar-refractivity contribution in [1.82, 2.24) is 25.3 Å². The summed E-state index contributed by atoms with van der Waals surface area (Å²) >= 11 is 0. The van der Waals surface area contributed by atoms with Crippen molar-refractivity contribution < 1.29 is 18.3 Å². The van der Waals surface area contributed by atoms with E-state index in [0.29, 0.717) is 24.5 Å². The van der Waals surface area contributed by atoms with Gasteiger partial charge in [-0.3, -0.25) is 9.89 Å². The third-order valence-electron chi connectivity index (χ3n) is 4.88. The maximum Gasteiger partial charge on any atom is 0.408 e. The Bertz CT molecular complexity index is 926. The van der Waals surface area contributed by atoms with Crippen LogP contribution in [0.15, 0.2) is 23.0 Å². The summed E-state index contributed by atoms with van der Waals surface area (Å²) in [6, 6.07) is 4.80. The van der Waals surface area contributed by atoms with Gasteiger partial charge in [-0.15, -0.1) is 0 Å². The minimum absolute atomic E-state index is 0.104. The summed E-state index contributed by atoms with van der Waals surface area (Å²) in [5.74, 6) is 1.13. The molecule has 1 saturated carbocycles. The molecule has 3 N–H and O–H groups in total. The van der Waals surface area contributed by atoms with E-state index in [9.17, 15) is 18.4 Å². The third-order valence-corrected chi connectivity index (χ3v) is 4.88. The second-order valence-corrected chi connectivity index (χ2v) is 7.70. The summed E-state index contributed by atoms with van der Waals surface area (Å²) in [5.41, 5.74) is -0.985. The van der Waals surface area contributed by atoms with Gasteiger partial charge in [-0.2, -0.15) is 10.2 Å². The largest absolute Gasteiger partial charge is 0.446 e. The second-order valence-electron chi connectivity index (χ2n) is 7.70. The maximum absolute atomic E-state index is 12.9. The zero-order chi connectivity index (χ0) is 21.2. The molecule has 2 atom stereocenters. The van der Waals surface area contributed by atoms with E-state index in [1.807, 2.05) is 6.07 Å². The van der Waals surface area contributed by atoms with Crippen LogP contribution >= 0.6 is 0 Å². The van der Waals surface area contributed by atoms with Crippen LogP contribution in [0.2, 0.25) is 0 Å². The van der Waals surface area contributed by atoms with E-state index in [1.54, 1.807) is 13.1 Å². The van der Waals surface area contributed by atoms with Gasteiger partial charge in [0.05, 0.1) is 5.54 Å². The lowest BCUT2D eigenvalue weighted by Gasteiger charge is -2.25. The molecule has 1 aliphatic rings. The van der Waals surface area contributed by atoms with Crippen molar-refractivity contribution in [2.24, 2.45) is 7.05 Å². The highest BCUT2D eigenvalue weighted by molar-refractivity contribution is 5.68. The number of anilines is 2. The molecule has 11 heteroatoms. The Labute approximate surface area is 165 Å². The van der Waals surface area contributed by atoms with Gasteiger partial charge >= 0.3 is 6.09 Å². The molecule has 0 aromatic carbocycles. The summed E-state index contributed by atoms with van der Waals surface area (Å²) in [7, 11) is 1.56. The predicted octanol–water partition coefficient (Wildman–Crippen LogP) is 2.65. The van der Waals surface area contributed by atoms with Gasteiger partial charge in [0.1, 0.15) is 6.10 Å². The number of hydrogen-bond donors (Lipinski definition) is 3. The molecule has 0 spiro atoms. The summed E-state index contributed by atoms with van der Waals surface area (Å²) < 4.78 is 32.2. The van der Waals surface area contributed by atoms with E-state index in [2.05, 4.69) is 25.9 Å². The van der Waals surface area contributed by atoms with Gasteiger partial charge in [0.15, 0.2) is 11.6 Å². The van der Waals surface area contributed by atoms with Crippen molar-refractivity contribution in [3.63, 3.8) is 0 Å². The van der Waals surface area contributed by atoms with E-state index < -0.39 is 18.1 Å². The molecule has 9 nitrogen and oxygen atoms in total. The van der Waals surface area contributed by atoms with Crippen LogP contribution in [0, 0.1) is 0 Å². The molecule has 0 bridgehead atoms. The summed E-state index contributed by atoms with van der Waals surface area (Å²) in [4.78, 5) is 23.3. The Morgan fingerprint density at radius 2 is 2.10 bits per heavy atom. The number of rotatable bonds is 6. The summed E-state index contributed by atoms with van der Waals surface area (Å²) in [6.45, 7) is 2.49. The number of aromatic nitrogens is 4. The van der Waals surface area contributed by atoms with Crippen LogP contribution in [0.1, 0.15) is 44.7 Å². The summed E-state index contributed by atoms with van der Waals surface area (Å²) in [5, 5.41) is 16.5. The molecule has 2 aromatic rings. The average Bonchev–Trinajstić information content (AvgIpc) is 3.27. The number of alkyl halides is 2. The first-order valence-electron chi connectivity index (χ1n) is 9.27. The van der Waals surface area contributed by atoms with E-state index in [-0.39, 0.29) is 17.6 Å². The average molecular weight is 410 g/mol. The zero-order valence-electron chi connectivity index (χ0n) is 16.4. The number of carbonyl (C=O) groups excluding carboxylic acids is 1. The number of hydrogen-bond acceptors (Lipinski definition) is 6. The lowest BCUT2D eigenvalue weighted by atomic mass is 10.0. The smallest absolute Gasteiger partial charge is 0.408 e. The molecule has 1 fully saturated rings. The highest BCUT2D eigenvalue weighted by atomic mass is 19.3. The second kappa shape index (κ2) is 8.18. The number of amides is 1. The van der Waals surface area contributed by atoms with E-state index in [0.717, 1.165) is 12.1 Å². The van der Waals surface area contributed by atoms with Crippen LogP contribution in [-0.2, 0) is 11.8 Å². The molecule has 0 radical (unpaired) electrons. The van der Waals surface area contributed by atoms with Crippen molar-refractivity contribution in [2.45, 2.75) is 57.1 Å². The Balaban J connectivity index is 1.54. The van der Waals surface area contributed by atoms with Gasteiger partial charge in [-0.05, 0) is 39.2 Å². The Kier molecular flexibility index (Phi) is 5.85. The van der Waals surface area contributed by atoms with E-state index >= 15 is 0 Å². The minimum Gasteiger partial charge on any atom is -0.446 e. The van der Waals surface area contributed by atoms with Crippen molar-refractivity contribution >= 4 is 17.7 Å². The Morgan fingerprint density at radius 3 is 2.79 bits per heavy atom. The van der Waals surface area contributed by atoms with Gasteiger partial charge in [0.25, 0.3) is 12.0 Å². The van der Waals surface area contributed by atoms with Crippen molar-refractivity contribution in [2.75, 3.05) is 5.32 Å². The van der Waals surface area contributed by atoms with E-state index in [1.165, 1.54) is 24.6 Å². The van der Waals surface area contributed by atoms with Gasteiger partial charge in [0.2, 0.25) is 0 Å². The monoisotopic (exact) mass is 410 g/mol. The number of halogens is 2. The molecular formula is C18H24F2N6O3. The van der Waals surface area contributed by atoms with Crippen LogP contribution < -0.4 is 16.2 Å².